The molecule has 1 nitrogen and oxygen atoms in total. The van der Waals surface area contributed by atoms with E-state index in [1.807, 2.05) is 6.92 Å². The molecule has 1 N–H and O–H groups in total. The lowest BCUT2D eigenvalue weighted by Gasteiger charge is -2.17. The number of halogens is 3. The van der Waals surface area contributed by atoms with Gasteiger partial charge in [0.1, 0.15) is 5.82 Å². The Balaban J connectivity index is 2.28. The minimum absolute atomic E-state index is 0.168. The molecule has 1 atom stereocenters. The molecule has 2 rings (SSSR count). The minimum atomic E-state index is -0.907. The smallest absolute Gasteiger partial charge is 0.164 e. The molecular weight excluding hydrogens is 251 g/mol. The first-order chi connectivity index (χ1) is 8.99. The lowest BCUT2D eigenvalue weighted by molar-refractivity contribution is 0.494. The van der Waals surface area contributed by atoms with Gasteiger partial charge in [-0.1, -0.05) is 18.2 Å². The van der Waals surface area contributed by atoms with Gasteiger partial charge in [0, 0.05) is 5.56 Å². The predicted molar refractivity (Wildman–Crippen MR) is 69.5 cm³/mol. The topological polar surface area (TPSA) is 12.0 Å². The highest BCUT2D eigenvalue weighted by molar-refractivity contribution is 5.49. The number of aryl methyl sites for hydroxylation is 1. The fourth-order valence-electron chi connectivity index (χ4n) is 1.92. The Kier molecular flexibility index (Phi) is 3.79. The third kappa shape index (κ3) is 2.89. The molecule has 2 aromatic rings. The molecule has 0 aromatic heterocycles. The summed E-state index contributed by atoms with van der Waals surface area (Å²) in [5, 5.41) is 2.85. The standard InChI is InChI=1S/C15H14F3N/c1-9-6-7-12(16)14(8-9)19-10(2)11-4-3-5-13(17)15(11)18/h3-8,10,19H,1-2H3. The van der Waals surface area contributed by atoms with Crippen molar-refractivity contribution >= 4 is 5.69 Å². The number of rotatable bonds is 3. The maximum Gasteiger partial charge on any atom is 0.164 e. The molecule has 19 heavy (non-hydrogen) atoms. The van der Waals surface area contributed by atoms with E-state index in [4.69, 9.17) is 0 Å². The van der Waals surface area contributed by atoms with Gasteiger partial charge in [0.15, 0.2) is 11.6 Å². The second-order valence-electron chi connectivity index (χ2n) is 4.49. The average Bonchev–Trinajstić information content (AvgIpc) is 2.37. The third-order valence-electron chi connectivity index (χ3n) is 2.94. The largest absolute Gasteiger partial charge is 0.376 e. The zero-order chi connectivity index (χ0) is 14.0. The molecule has 0 aliphatic carbocycles. The lowest BCUT2D eigenvalue weighted by Crippen LogP contribution is -2.10. The molecule has 4 heteroatoms. The van der Waals surface area contributed by atoms with E-state index < -0.39 is 23.5 Å². The van der Waals surface area contributed by atoms with Crippen molar-refractivity contribution in [3.63, 3.8) is 0 Å². The van der Waals surface area contributed by atoms with Crippen LogP contribution in [0.15, 0.2) is 36.4 Å². The van der Waals surface area contributed by atoms with E-state index in [0.717, 1.165) is 11.6 Å². The lowest BCUT2D eigenvalue weighted by atomic mass is 10.1. The predicted octanol–water partition coefficient (Wildman–Crippen LogP) is 4.59. The van der Waals surface area contributed by atoms with Crippen molar-refractivity contribution in [2.45, 2.75) is 19.9 Å². The summed E-state index contributed by atoms with van der Waals surface area (Å²) >= 11 is 0. The van der Waals surface area contributed by atoms with Crippen molar-refractivity contribution in [2.75, 3.05) is 5.32 Å². The van der Waals surface area contributed by atoms with Crippen molar-refractivity contribution in [1.82, 2.24) is 0 Å². The van der Waals surface area contributed by atoms with Crippen LogP contribution in [-0.4, -0.2) is 0 Å². The van der Waals surface area contributed by atoms with Crippen molar-refractivity contribution in [3.05, 3.63) is 65.0 Å². The Morgan fingerprint density at radius 3 is 2.47 bits per heavy atom. The maximum absolute atomic E-state index is 13.6. The normalized spacial score (nSPS) is 12.3. The van der Waals surface area contributed by atoms with Gasteiger partial charge in [-0.3, -0.25) is 0 Å². The van der Waals surface area contributed by atoms with Crippen LogP contribution < -0.4 is 5.32 Å². The molecule has 0 aliphatic rings. The molecule has 0 saturated heterocycles. The number of benzene rings is 2. The van der Waals surface area contributed by atoms with Crippen LogP contribution in [0.4, 0.5) is 18.9 Å². The Bertz CT molecular complexity index is 596. The summed E-state index contributed by atoms with van der Waals surface area (Å²) < 4.78 is 40.4. The highest BCUT2D eigenvalue weighted by Crippen LogP contribution is 2.25. The second kappa shape index (κ2) is 5.34. The molecule has 0 heterocycles. The Hall–Kier alpha value is -1.97. The molecule has 0 radical (unpaired) electrons. The first-order valence-corrected chi connectivity index (χ1v) is 5.95. The molecule has 2 aromatic carbocycles. The molecular formula is C15H14F3N. The summed E-state index contributed by atoms with van der Waals surface area (Å²) in [5.41, 5.74) is 1.33. The monoisotopic (exact) mass is 265 g/mol. The number of nitrogens with one attached hydrogen (secondary N) is 1. The first-order valence-electron chi connectivity index (χ1n) is 5.95. The van der Waals surface area contributed by atoms with E-state index in [-0.39, 0.29) is 11.3 Å². The SMILES string of the molecule is Cc1ccc(F)c(NC(C)c2cccc(F)c2F)c1. The van der Waals surface area contributed by atoms with Crippen molar-refractivity contribution in [2.24, 2.45) is 0 Å². The van der Waals surface area contributed by atoms with Gasteiger partial charge >= 0.3 is 0 Å². The highest BCUT2D eigenvalue weighted by Gasteiger charge is 2.15. The number of hydrogen-bond acceptors (Lipinski definition) is 1. The summed E-state index contributed by atoms with van der Waals surface area (Å²) in [6.45, 7) is 3.48. The minimum Gasteiger partial charge on any atom is -0.376 e. The van der Waals surface area contributed by atoms with Crippen molar-refractivity contribution in [1.29, 1.82) is 0 Å². The van der Waals surface area contributed by atoms with Crippen LogP contribution in [0.1, 0.15) is 24.1 Å². The zero-order valence-corrected chi connectivity index (χ0v) is 10.7. The molecule has 1 unspecified atom stereocenters. The summed E-state index contributed by atoms with van der Waals surface area (Å²) in [6.07, 6.45) is 0. The van der Waals surface area contributed by atoms with Gasteiger partial charge in [-0.05, 0) is 37.6 Å². The van der Waals surface area contributed by atoms with E-state index in [1.54, 1.807) is 19.1 Å². The highest BCUT2D eigenvalue weighted by atomic mass is 19.2. The summed E-state index contributed by atoms with van der Waals surface area (Å²) in [5.74, 6) is -2.24. The van der Waals surface area contributed by atoms with Crippen LogP contribution in [0.25, 0.3) is 0 Å². The second-order valence-corrected chi connectivity index (χ2v) is 4.49. The molecule has 0 amide bonds. The molecule has 0 fully saturated rings. The zero-order valence-electron chi connectivity index (χ0n) is 10.7. The molecule has 0 saturated carbocycles. The van der Waals surface area contributed by atoms with Gasteiger partial charge in [-0.25, -0.2) is 13.2 Å². The van der Waals surface area contributed by atoms with Crippen LogP contribution in [0.5, 0.6) is 0 Å². The maximum atomic E-state index is 13.6. The van der Waals surface area contributed by atoms with E-state index in [1.165, 1.54) is 18.2 Å². The molecule has 0 aliphatic heterocycles. The average molecular weight is 265 g/mol. The summed E-state index contributed by atoms with van der Waals surface area (Å²) in [6, 6.07) is 8.04. The van der Waals surface area contributed by atoms with Gasteiger partial charge in [0.05, 0.1) is 11.7 Å². The van der Waals surface area contributed by atoms with Gasteiger partial charge in [0.2, 0.25) is 0 Å². The number of anilines is 1. The Morgan fingerprint density at radius 2 is 1.74 bits per heavy atom. The van der Waals surface area contributed by atoms with E-state index in [2.05, 4.69) is 5.32 Å². The van der Waals surface area contributed by atoms with Crippen LogP contribution >= 0.6 is 0 Å². The fourth-order valence-corrected chi connectivity index (χ4v) is 1.92. The quantitative estimate of drug-likeness (QED) is 0.856. The van der Waals surface area contributed by atoms with Crippen LogP contribution in [-0.2, 0) is 0 Å². The van der Waals surface area contributed by atoms with E-state index in [9.17, 15) is 13.2 Å². The van der Waals surface area contributed by atoms with Gasteiger partial charge < -0.3 is 5.32 Å². The van der Waals surface area contributed by atoms with E-state index >= 15 is 0 Å². The van der Waals surface area contributed by atoms with Gasteiger partial charge in [0.25, 0.3) is 0 Å². The Morgan fingerprint density at radius 1 is 1.00 bits per heavy atom. The number of hydrogen-bond donors (Lipinski definition) is 1. The summed E-state index contributed by atoms with van der Waals surface area (Å²) in [4.78, 5) is 0. The van der Waals surface area contributed by atoms with Crippen molar-refractivity contribution < 1.29 is 13.2 Å². The molecule has 100 valence electrons. The molecule has 0 spiro atoms. The molecule has 0 bridgehead atoms. The summed E-state index contributed by atoms with van der Waals surface area (Å²) in [7, 11) is 0. The van der Waals surface area contributed by atoms with Crippen LogP contribution in [0.2, 0.25) is 0 Å². The van der Waals surface area contributed by atoms with Crippen LogP contribution in [0, 0.1) is 24.4 Å². The van der Waals surface area contributed by atoms with Crippen LogP contribution in [0.3, 0.4) is 0 Å². The van der Waals surface area contributed by atoms with Gasteiger partial charge in [-0.2, -0.15) is 0 Å². The fraction of sp³-hybridized carbons (Fsp3) is 0.200. The third-order valence-corrected chi connectivity index (χ3v) is 2.94. The van der Waals surface area contributed by atoms with Crippen molar-refractivity contribution in [3.8, 4) is 0 Å². The van der Waals surface area contributed by atoms with E-state index in [0.29, 0.717) is 0 Å². The van der Waals surface area contributed by atoms with Gasteiger partial charge in [-0.15, -0.1) is 0 Å². The Labute approximate surface area is 110 Å². The first kappa shape index (κ1) is 13.5.